The number of hydrogen-bond acceptors (Lipinski definition) is 3. The van der Waals surface area contributed by atoms with Gasteiger partial charge in [0.15, 0.2) is 0 Å². The van der Waals surface area contributed by atoms with Gasteiger partial charge in [-0.25, -0.2) is 0 Å². The lowest BCUT2D eigenvalue weighted by molar-refractivity contribution is 0.313. The molecule has 1 aliphatic rings. The molecule has 0 radical (unpaired) electrons. The summed E-state index contributed by atoms with van der Waals surface area (Å²) in [5, 5.41) is 0. The summed E-state index contributed by atoms with van der Waals surface area (Å²) >= 11 is 0. The molecule has 0 bridgehead atoms. The lowest BCUT2D eigenvalue weighted by Crippen LogP contribution is -2.20. The first kappa shape index (κ1) is 13.2. The van der Waals surface area contributed by atoms with E-state index in [2.05, 4.69) is 17.9 Å². The molecule has 3 heteroatoms. The Morgan fingerprint density at radius 3 is 2.94 bits per heavy atom. The van der Waals surface area contributed by atoms with E-state index in [0.29, 0.717) is 0 Å². The third-order valence-electron chi connectivity index (χ3n) is 3.77. The Morgan fingerprint density at radius 2 is 2.28 bits per heavy atom. The molecule has 1 atom stereocenters. The van der Waals surface area contributed by atoms with Crippen molar-refractivity contribution in [2.75, 3.05) is 25.9 Å². The molecule has 0 saturated carbocycles. The Hall–Kier alpha value is -1.22. The molecule has 1 aliphatic heterocycles. The van der Waals surface area contributed by atoms with Crippen LogP contribution in [-0.2, 0) is 6.54 Å². The SMILES string of the molecule is CCCC1CCN(Cc2ccc(OC)c(N)c2)C1. The van der Waals surface area contributed by atoms with Crippen LogP contribution in [0.2, 0.25) is 0 Å². The maximum absolute atomic E-state index is 5.94. The van der Waals surface area contributed by atoms with Crippen LogP contribution >= 0.6 is 0 Å². The maximum atomic E-state index is 5.94. The van der Waals surface area contributed by atoms with Crippen molar-refractivity contribution in [3.63, 3.8) is 0 Å². The van der Waals surface area contributed by atoms with E-state index in [0.717, 1.165) is 23.9 Å². The van der Waals surface area contributed by atoms with Gasteiger partial charge < -0.3 is 10.5 Å². The summed E-state index contributed by atoms with van der Waals surface area (Å²) in [6, 6.07) is 6.11. The number of nitrogen functional groups attached to an aromatic ring is 1. The molecule has 1 saturated heterocycles. The van der Waals surface area contributed by atoms with Crippen LogP contribution in [0.15, 0.2) is 18.2 Å². The molecule has 1 fully saturated rings. The second-order valence-electron chi connectivity index (χ2n) is 5.25. The van der Waals surface area contributed by atoms with Gasteiger partial charge in [-0.1, -0.05) is 19.4 Å². The van der Waals surface area contributed by atoms with Crippen LogP contribution in [-0.4, -0.2) is 25.1 Å². The van der Waals surface area contributed by atoms with Crippen LogP contribution < -0.4 is 10.5 Å². The van der Waals surface area contributed by atoms with Crippen LogP contribution in [0.25, 0.3) is 0 Å². The van der Waals surface area contributed by atoms with E-state index in [1.165, 1.54) is 37.9 Å². The molecule has 0 aliphatic carbocycles. The number of ether oxygens (including phenoxy) is 1. The monoisotopic (exact) mass is 248 g/mol. The smallest absolute Gasteiger partial charge is 0.141 e. The normalized spacial score (nSPS) is 20.2. The van der Waals surface area contributed by atoms with Crippen LogP contribution in [0.4, 0.5) is 5.69 Å². The number of methoxy groups -OCH3 is 1. The van der Waals surface area contributed by atoms with Crippen molar-refractivity contribution in [2.45, 2.75) is 32.7 Å². The molecule has 3 nitrogen and oxygen atoms in total. The van der Waals surface area contributed by atoms with Crippen molar-refractivity contribution in [3.8, 4) is 5.75 Å². The minimum absolute atomic E-state index is 0.735. The molecule has 2 N–H and O–H groups in total. The highest BCUT2D eigenvalue weighted by Crippen LogP contribution is 2.25. The van der Waals surface area contributed by atoms with E-state index in [1.807, 2.05) is 12.1 Å². The first-order valence-electron chi connectivity index (χ1n) is 6.87. The molecule has 0 aromatic heterocycles. The van der Waals surface area contributed by atoms with Crippen molar-refractivity contribution < 1.29 is 4.74 Å². The molecule has 2 rings (SSSR count). The second kappa shape index (κ2) is 6.10. The predicted octanol–water partition coefficient (Wildman–Crippen LogP) is 2.90. The molecule has 100 valence electrons. The zero-order valence-electron chi connectivity index (χ0n) is 11.5. The summed E-state index contributed by atoms with van der Waals surface area (Å²) in [7, 11) is 1.65. The van der Waals surface area contributed by atoms with E-state index in [4.69, 9.17) is 10.5 Å². The van der Waals surface area contributed by atoms with Gasteiger partial charge in [0.1, 0.15) is 5.75 Å². The Balaban J connectivity index is 1.92. The van der Waals surface area contributed by atoms with Crippen LogP contribution in [0.1, 0.15) is 31.7 Å². The molecular weight excluding hydrogens is 224 g/mol. The summed E-state index contributed by atoms with van der Waals surface area (Å²) in [6.45, 7) is 5.73. The average molecular weight is 248 g/mol. The maximum Gasteiger partial charge on any atom is 0.141 e. The number of benzene rings is 1. The molecule has 1 aromatic carbocycles. The van der Waals surface area contributed by atoms with E-state index in [-0.39, 0.29) is 0 Å². The van der Waals surface area contributed by atoms with E-state index >= 15 is 0 Å². The highest BCUT2D eigenvalue weighted by Gasteiger charge is 2.21. The van der Waals surface area contributed by atoms with Crippen molar-refractivity contribution >= 4 is 5.69 Å². The van der Waals surface area contributed by atoms with Crippen molar-refractivity contribution in [1.29, 1.82) is 0 Å². The molecule has 0 spiro atoms. The highest BCUT2D eigenvalue weighted by molar-refractivity contribution is 5.54. The lowest BCUT2D eigenvalue weighted by atomic mass is 10.0. The van der Waals surface area contributed by atoms with Crippen molar-refractivity contribution in [1.82, 2.24) is 4.90 Å². The van der Waals surface area contributed by atoms with E-state index in [9.17, 15) is 0 Å². The zero-order chi connectivity index (χ0) is 13.0. The zero-order valence-corrected chi connectivity index (χ0v) is 11.5. The number of rotatable bonds is 5. The largest absolute Gasteiger partial charge is 0.495 e. The first-order chi connectivity index (χ1) is 8.72. The predicted molar refractivity (Wildman–Crippen MR) is 75.7 cm³/mol. The van der Waals surface area contributed by atoms with Gasteiger partial charge in [-0.3, -0.25) is 4.90 Å². The van der Waals surface area contributed by atoms with Crippen LogP contribution in [0, 0.1) is 5.92 Å². The third kappa shape index (κ3) is 3.16. The minimum atomic E-state index is 0.735. The van der Waals surface area contributed by atoms with E-state index < -0.39 is 0 Å². The minimum Gasteiger partial charge on any atom is -0.495 e. The fourth-order valence-corrected chi connectivity index (χ4v) is 2.84. The average Bonchev–Trinajstić information content (AvgIpc) is 2.77. The van der Waals surface area contributed by atoms with Crippen molar-refractivity contribution in [2.24, 2.45) is 5.92 Å². The fourth-order valence-electron chi connectivity index (χ4n) is 2.84. The summed E-state index contributed by atoms with van der Waals surface area (Å²) in [5.74, 6) is 1.66. The quantitative estimate of drug-likeness (QED) is 0.814. The van der Waals surface area contributed by atoms with Crippen LogP contribution in [0.3, 0.4) is 0 Å². The fraction of sp³-hybridized carbons (Fsp3) is 0.600. The standard InChI is InChI=1S/C15H24N2O/c1-3-4-12-7-8-17(10-12)11-13-5-6-15(18-2)14(16)9-13/h5-6,9,12H,3-4,7-8,10-11,16H2,1-2H3. The number of anilines is 1. The lowest BCUT2D eigenvalue weighted by Gasteiger charge is -2.16. The Kier molecular flexibility index (Phi) is 4.48. The van der Waals surface area contributed by atoms with Gasteiger partial charge in [0.05, 0.1) is 12.8 Å². The van der Waals surface area contributed by atoms with Gasteiger partial charge in [0.25, 0.3) is 0 Å². The van der Waals surface area contributed by atoms with Crippen LogP contribution in [0.5, 0.6) is 5.75 Å². The molecule has 1 heterocycles. The van der Waals surface area contributed by atoms with Gasteiger partial charge >= 0.3 is 0 Å². The second-order valence-corrected chi connectivity index (χ2v) is 5.25. The van der Waals surface area contributed by atoms with E-state index in [1.54, 1.807) is 7.11 Å². The molecular formula is C15H24N2O. The highest BCUT2D eigenvalue weighted by atomic mass is 16.5. The topological polar surface area (TPSA) is 38.5 Å². The van der Waals surface area contributed by atoms with Gasteiger partial charge in [-0.15, -0.1) is 0 Å². The Bertz CT molecular complexity index is 392. The number of nitrogens with two attached hydrogens (primary N) is 1. The number of likely N-dealkylation sites (tertiary alicyclic amines) is 1. The first-order valence-corrected chi connectivity index (χ1v) is 6.87. The van der Waals surface area contributed by atoms with Crippen molar-refractivity contribution in [3.05, 3.63) is 23.8 Å². The molecule has 18 heavy (non-hydrogen) atoms. The summed E-state index contributed by atoms with van der Waals surface area (Å²) in [6.07, 6.45) is 4.01. The Labute approximate surface area is 110 Å². The molecule has 0 amide bonds. The molecule has 1 aromatic rings. The summed E-state index contributed by atoms with van der Waals surface area (Å²) in [4.78, 5) is 2.53. The summed E-state index contributed by atoms with van der Waals surface area (Å²) < 4.78 is 5.18. The summed E-state index contributed by atoms with van der Waals surface area (Å²) in [5.41, 5.74) is 7.96. The third-order valence-corrected chi connectivity index (χ3v) is 3.77. The van der Waals surface area contributed by atoms with Gasteiger partial charge in [0, 0.05) is 13.1 Å². The Morgan fingerprint density at radius 1 is 1.44 bits per heavy atom. The number of nitrogens with zero attached hydrogens (tertiary/aromatic N) is 1. The van der Waals surface area contributed by atoms with Gasteiger partial charge in [-0.2, -0.15) is 0 Å². The van der Waals surface area contributed by atoms with Gasteiger partial charge in [0.2, 0.25) is 0 Å². The molecule has 1 unspecified atom stereocenters. The van der Waals surface area contributed by atoms with Gasteiger partial charge in [-0.05, 0) is 43.0 Å². The number of hydrogen-bond donors (Lipinski definition) is 1.